The first-order chi connectivity index (χ1) is 13.6. The van der Waals surface area contributed by atoms with E-state index in [9.17, 15) is 14.4 Å². The molecule has 8 nitrogen and oxygen atoms in total. The van der Waals surface area contributed by atoms with Gasteiger partial charge in [0, 0.05) is 25.0 Å². The Bertz CT molecular complexity index is 1090. The Labute approximate surface area is 168 Å². The molecule has 29 heavy (non-hydrogen) atoms. The molecule has 3 N–H and O–H groups in total. The van der Waals surface area contributed by atoms with Crippen LogP contribution in [-0.4, -0.2) is 26.6 Å². The van der Waals surface area contributed by atoms with E-state index < -0.39 is 5.56 Å². The van der Waals surface area contributed by atoms with Crippen LogP contribution in [0.25, 0.3) is 5.82 Å². The SMILES string of the molecule is CC(=O)Nc1c[nH]n(-c2ccc(C(=O)Nc3ccc(C(C)(C)C)cc3)cn2)c1=O. The lowest BCUT2D eigenvalue weighted by Crippen LogP contribution is -2.20. The molecule has 0 fully saturated rings. The molecule has 150 valence electrons. The average molecular weight is 393 g/mol. The number of rotatable bonds is 4. The zero-order valence-corrected chi connectivity index (χ0v) is 16.7. The van der Waals surface area contributed by atoms with Crippen molar-refractivity contribution in [1.29, 1.82) is 0 Å². The average Bonchev–Trinajstić information content (AvgIpc) is 3.01. The quantitative estimate of drug-likeness (QED) is 0.633. The molecule has 0 aliphatic heterocycles. The number of hydrogen-bond donors (Lipinski definition) is 3. The van der Waals surface area contributed by atoms with Crippen molar-refractivity contribution >= 4 is 23.2 Å². The molecule has 0 spiro atoms. The third-order valence-electron chi connectivity index (χ3n) is 4.33. The molecule has 3 aromatic rings. The smallest absolute Gasteiger partial charge is 0.296 e. The molecule has 0 saturated carbocycles. The van der Waals surface area contributed by atoms with Crippen molar-refractivity contribution in [2.45, 2.75) is 33.1 Å². The molecule has 0 atom stereocenters. The van der Waals surface area contributed by atoms with Gasteiger partial charge in [-0.1, -0.05) is 32.9 Å². The van der Waals surface area contributed by atoms with Gasteiger partial charge >= 0.3 is 0 Å². The second-order valence-corrected chi connectivity index (χ2v) is 7.70. The van der Waals surface area contributed by atoms with E-state index in [1.807, 2.05) is 24.3 Å². The Balaban J connectivity index is 1.73. The van der Waals surface area contributed by atoms with Crippen molar-refractivity contribution < 1.29 is 9.59 Å². The maximum Gasteiger partial charge on any atom is 0.296 e. The first kappa shape index (κ1) is 20.1. The summed E-state index contributed by atoms with van der Waals surface area (Å²) in [5.41, 5.74) is 1.95. The minimum absolute atomic E-state index is 0.0397. The molecule has 1 aromatic carbocycles. The summed E-state index contributed by atoms with van der Waals surface area (Å²) in [6.07, 6.45) is 2.77. The summed E-state index contributed by atoms with van der Waals surface area (Å²) in [5, 5.41) is 8.00. The van der Waals surface area contributed by atoms with Crippen molar-refractivity contribution in [2.24, 2.45) is 0 Å². The molecule has 0 radical (unpaired) electrons. The normalized spacial score (nSPS) is 11.2. The molecule has 3 rings (SSSR count). The van der Waals surface area contributed by atoms with E-state index in [1.165, 1.54) is 29.6 Å². The van der Waals surface area contributed by atoms with Gasteiger partial charge in [0.1, 0.15) is 5.69 Å². The fraction of sp³-hybridized carbons (Fsp3) is 0.238. The lowest BCUT2D eigenvalue weighted by molar-refractivity contribution is -0.114. The Kier molecular flexibility index (Phi) is 5.36. The summed E-state index contributed by atoms with van der Waals surface area (Å²) in [6, 6.07) is 10.8. The van der Waals surface area contributed by atoms with Crippen LogP contribution in [0.5, 0.6) is 0 Å². The summed E-state index contributed by atoms with van der Waals surface area (Å²) < 4.78 is 1.18. The van der Waals surface area contributed by atoms with Gasteiger partial charge in [0.15, 0.2) is 5.82 Å². The predicted molar refractivity (Wildman–Crippen MR) is 112 cm³/mol. The van der Waals surface area contributed by atoms with E-state index in [4.69, 9.17) is 0 Å². The van der Waals surface area contributed by atoms with Gasteiger partial charge in [0.05, 0.1) is 5.56 Å². The first-order valence-electron chi connectivity index (χ1n) is 9.11. The molecule has 2 amide bonds. The monoisotopic (exact) mass is 393 g/mol. The van der Waals surface area contributed by atoms with Crippen LogP contribution in [0, 0.1) is 0 Å². The van der Waals surface area contributed by atoms with Gasteiger partial charge in [-0.2, -0.15) is 4.68 Å². The number of nitrogens with zero attached hydrogens (tertiary/aromatic N) is 2. The second-order valence-electron chi connectivity index (χ2n) is 7.70. The molecule has 0 aliphatic rings. The van der Waals surface area contributed by atoms with E-state index >= 15 is 0 Å². The standard InChI is InChI=1S/C21H23N5O3/c1-13(27)24-17-12-23-26(20(17)29)18-10-5-14(11-22-18)19(28)25-16-8-6-15(7-9-16)21(2,3)4/h5-12,23H,1-4H3,(H,24,27)(H,25,28). The minimum Gasteiger partial charge on any atom is -0.322 e. The van der Waals surface area contributed by atoms with Crippen LogP contribution in [0.3, 0.4) is 0 Å². The van der Waals surface area contributed by atoms with Gasteiger partial charge in [0.25, 0.3) is 11.5 Å². The molecule has 0 saturated heterocycles. The number of pyridine rings is 1. The minimum atomic E-state index is -0.441. The van der Waals surface area contributed by atoms with E-state index in [0.29, 0.717) is 17.1 Å². The largest absolute Gasteiger partial charge is 0.322 e. The number of nitrogens with one attached hydrogen (secondary N) is 3. The van der Waals surface area contributed by atoms with Crippen LogP contribution in [0.1, 0.15) is 43.6 Å². The summed E-state index contributed by atoms with van der Waals surface area (Å²) in [5.74, 6) is -0.341. The Morgan fingerprint density at radius 2 is 1.72 bits per heavy atom. The molecule has 2 heterocycles. The first-order valence-corrected chi connectivity index (χ1v) is 9.11. The number of anilines is 2. The highest BCUT2D eigenvalue weighted by atomic mass is 16.2. The third kappa shape index (κ3) is 4.60. The van der Waals surface area contributed by atoms with E-state index in [-0.39, 0.29) is 22.9 Å². The Morgan fingerprint density at radius 3 is 2.28 bits per heavy atom. The number of aromatic nitrogens is 3. The second kappa shape index (κ2) is 7.75. The van der Waals surface area contributed by atoms with Crippen LogP contribution < -0.4 is 16.2 Å². The number of H-pyrrole nitrogens is 1. The molecule has 0 bridgehead atoms. The molecular formula is C21H23N5O3. The van der Waals surface area contributed by atoms with E-state index in [1.54, 1.807) is 12.1 Å². The Morgan fingerprint density at radius 1 is 1.03 bits per heavy atom. The van der Waals surface area contributed by atoms with Crippen molar-refractivity contribution in [1.82, 2.24) is 14.8 Å². The Hall–Kier alpha value is -3.68. The molecule has 2 aromatic heterocycles. The zero-order valence-electron chi connectivity index (χ0n) is 16.7. The highest BCUT2D eigenvalue weighted by molar-refractivity contribution is 6.04. The highest BCUT2D eigenvalue weighted by Crippen LogP contribution is 2.23. The van der Waals surface area contributed by atoms with Gasteiger partial charge in [-0.05, 0) is 35.2 Å². The maximum atomic E-state index is 12.5. The number of benzene rings is 1. The number of hydrogen-bond acceptors (Lipinski definition) is 4. The maximum absolute atomic E-state index is 12.5. The van der Waals surface area contributed by atoms with Crippen molar-refractivity contribution in [3.8, 4) is 5.82 Å². The number of carbonyl (C=O) groups excluding carboxylic acids is 2. The number of carbonyl (C=O) groups is 2. The lowest BCUT2D eigenvalue weighted by atomic mass is 9.87. The van der Waals surface area contributed by atoms with Crippen LogP contribution in [-0.2, 0) is 10.2 Å². The van der Waals surface area contributed by atoms with Gasteiger partial charge < -0.3 is 10.6 Å². The van der Waals surface area contributed by atoms with E-state index in [0.717, 1.165) is 0 Å². The fourth-order valence-corrected chi connectivity index (χ4v) is 2.73. The summed E-state index contributed by atoms with van der Waals surface area (Å²) in [4.78, 5) is 40.0. The van der Waals surface area contributed by atoms with Crippen LogP contribution >= 0.6 is 0 Å². The predicted octanol–water partition coefficient (Wildman–Crippen LogP) is 3.07. The number of amides is 2. The van der Waals surface area contributed by atoms with E-state index in [2.05, 4.69) is 41.5 Å². The van der Waals surface area contributed by atoms with Crippen molar-refractivity contribution in [2.75, 3.05) is 10.6 Å². The van der Waals surface area contributed by atoms with Gasteiger partial charge in [0.2, 0.25) is 5.91 Å². The summed E-state index contributed by atoms with van der Waals surface area (Å²) in [6.45, 7) is 7.70. The van der Waals surface area contributed by atoms with Crippen molar-refractivity contribution in [3.63, 3.8) is 0 Å². The van der Waals surface area contributed by atoms with Crippen LogP contribution in [0.15, 0.2) is 53.6 Å². The highest BCUT2D eigenvalue weighted by Gasteiger charge is 2.14. The van der Waals surface area contributed by atoms with Gasteiger partial charge in [-0.3, -0.25) is 19.5 Å². The third-order valence-corrected chi connectivity index (χ3v) is 4.33. The van der Waals surface area contributed by atoms with Gasteiger partial charge in [-0.25, -0.2) is 4.98 Å². The van der Waals surface area contributed by atoms with Crippen LogP contribution in [0.2, 0.25) is 0 Å². The summed E-state index contributed by atoms with van der Waals surface area (Å²) >= 11 is 0. The molecule has 0 aliphatic carbocycles. The lowest BCUT2D eigenvalue weighted by Gasteiger charge is -2.19. The molecule has 0 unspecified atom stereocenters. The van der Waals surface area contributed by atoms with Crippen LogP contribution in [0.4, 0.5) is 11.4 Å². The van der Waals surface area contributed by atoms with Gasteiger partial charge in [-0.15, -0.1) is 0 Å². The fourth-order valence-electron chi connectivity index (χ4n) is 2.73. The zero-order chi connectivity index (χ0) is 21.2. The molecule has 8 heteroatoms. The van der Waals surface area contributed by atoms with Crippen molar-refractivity contribution in [3.05, 3.63) is 70.3 Å². The summed E-state index contributed by atoms with van der Waals surface area (Å²) in [7, 11) is 0. The number of aromatic amines is 1. The topological polar surface area (TPSA) is 109 Å². The molecular weight excluding hydrogens is 370 g/mol.